The number of hydrogen-bond donors (Lipinski definition) is 0. The van der Waals surface area contributed by atoms with E-state index in [0.717, 1.165) is 0 Å². The fourth-order valence-corrected chi connectivity index (χ4v) is 1.99. The van der Waals surface area contributed by atoms with E-state index in [1.165, 1.54) is 11.8 Å². The molecule has 1 aliphatic heterocycles. The Kier molecular flexibility index (Phi) is 3.46. The SMILES string of the molecule is O=C1CSC(COC(=O)c2ccccc2)O1. The molecule has 1 saturated heterocycles. The number of benzene rings is 1. The van der Waals surface area contributed by atoms with Crippen molar-refractivity contribution in [3.8, 4) is 0 Å². The average Bonchev–Trinajstić information content (AvgIpc) is 2.73. The number of carbonyl (C=O) groups excluding carboxylic acids is 2. The van der Waals surface area contributed by atoms with Crippen molar-refractivity contribution in [3.63, 3.8) is 0 Å². The molecule has 1 aromatic rings. The minimum atomic E-state index is -0.399. The number of hydrogen-bond acceptors (Lipinski definition) is 5. The second-order valence-corrected chi connectivity index (χ2v) is 4.34. The molecule has 1 fully saturated rings. The van der Waals surface area contributed by atoms with E-state index < -0.39 is 5.97 Å². The predicted molar refractivity (Wildman–Crippen MR) is 59.1 cm³/mol. The molecule has 4 nitrogen and oxygen atoms in total. The third-order valence-corrected chi connectivity index (χ3v) is 3.02. The van der Waals surface area contributed by atoms with Gasteiger partial charge in [-0.2, -0.15) is 0 Å². The van der Waals surface area contributed by atoms with Gasteiger partial charge < -0.3 is 9.47 Å². The summed E-state index contributed by atoms with van der Waals surface area (Å²) in [5.74, 6) is -0.331. The van der Waals surface area contributed by atoms with Crippen molar-refractivity contribution in [3.05, 3.63) is 35.9 Å². The first-order valence-corrected chi connectivity index (χ1v) is 5.84. The van der Waals surface area contributed by atoms with Gasteiger partial charge in [0.1, 0.15) is 6.61 Å². The van der Waals surface area contributed by atoms with Gasteiger partial charge in [-0.1, -0.05) is 18.2 Å². The molecule has 1 heterocycles. The summed E-state index contributed by atoms with van der Waals surface area (Å²) >= 11 is 1.34. The number of esters is 2. The fourth-order valence-electron chi connectivity index (χ4n) is 1.26. The van der Waals surface area contributed by atoms with Crippen LogP contribution in [-0.4, -0.2) is 29.7 Å². The molecule has 0 amide bonds. The van der Waals surface area contributed by atoms with E-state index in [0.29, 0.717) is 11.3 Å². The highest BCUT2D eigenvalue weighted by Gasteiger charge is 2.25. The van der Waals surface area contributed by atoms with Crippen molar-refractivity contribution in [1.82, 2.24) is 0 Å². The zero-order chi connectivity index (χ0) is 11.4. The summed E-state index contributed by atoms with van der Waals surface area (Å²) in [6.07, 6.45) is 0. The summed E-state index contributed by atoms with van der Waals surface area (Å²) < 4.78 is 9.92. The molecule has 84 valence electrons. The summed E-state index contributed by atoms with van der Waals surface area (Å²) in [4.78, 5) is 22.3. The van der Waals surface area contributed by atoms with Crippen molar-refractivity contribution < 1.29 is 19.1 Å². The van der Waals surface area contributed by atoms with Crippen LogP contribution in [0.25, 0.3) is 0 Å². The van der Waals surface area contributed by atoms with Crippen LogP contribution in [0.2, 0.25) is 0 Å². The van der Waals surface area contributed by atoms with Crippen molar-refractivity contribution >= 4 is 23.7 Å². The van der Waals surface area contributed by atoms with Gasteiger partial charge in [0.25, 0.3) is 0 Å². The monoisotopic (exact) mass is 238 g/mol. The lowest BCUT2D eigenvalue weighted by molar-refractivity contribution is -0.141. The maximum atomic E-state index is 11.5. The predicted octanol–water partition coefficient (Wildman–Crippen LogP) is 1.46. The van der Waals surface area contributed by atoms with E-state index in [-0.39, 0.29) is 18.0 Å². The lowest BCUT2D eigenvalue weighted by Gasteiger charge is -2.08. The smallest absolute Gasteiger partial charge is 0.338 e. The topological polar surface area (TPSA) is 52.6 Å². The molecule has 2 rings (SSSR count). The van der Waals surface area contributed by atoms with Gasteiger partial charge in [-0.05, 0) is 12.1 Å². The molecule has 0 bridgehead atoms. The van der Waals surface area contributed by atoms with E-state index in [1.54, 1.807) is 24.3 Å². The zero-order valence-corrected chi connectivity index (χ0v) is 9.24. The zero-order valence-electron chi connectivity index (χ0n) is 8.42. The molecule has 1 unspecified atom stereocenters. The average molecular weight is 238 g/mol. The number of ether oxygens (including phenoxy) is 2. The summed E-state index contributed by atoms with van der Waals surface area (Å²) in [5, 5.41) is 0. The molecule has 0 aromatic heterocycles. The fraction of sp³-hybridized carbons (Fsp3) is 0.273. The summed E-state index contributed by atoms with van der Waals surface area (Å²) in [5.41, 5.74) is 0.136. The molecule has 1 atom stereocenters. The third kappa shape index (κ3) is 2.76. The number of carbonyl (C=O) groups is 2. The summed E-state index contributed by atoms with van der Waals surface area (Å²) in [6.45, 7) is 0.101. The normalized spacial score (nSPS) is 19.2. The van der Waals surface area contributed by atoms with Crippen LogP contribution in [0.4, 0.5) is 0 Å². The standard InChI is InChI=1S/C11H10O4S/c12-9-7-16-10(15-9)6-14-11(13)8-4-2-1-3-5-8/h1-5,10H,6-7H2. The molecular formula is C11H10O4S. The van der Waals surface area contributed by atoms with Gasteiger partial charge in [0.15, 0.2) is 5.44 Å². The Bertz CT molecular complexity index is 390. The largest absolute Gasteiger partial charge is 0.457 e. The van der Waals surface area contributed by atoms with Gasteiger partial charge in [-0.3, -0.25) is 4.79 Å². The summed E-state index contributed by atoms with van der Waals surface area (Å²) in [7, 11) is 0. The highest BCUT2D eigenvalue weighted by molar-refractivity contribution is 8.00. The number of rotatable bonds is 3. The van der Waals surface area contributed by atoms with E-state index in [1.807, 2.05) is 6.07 Å². The van der Waals surface area contributed by atoms with Crippen molar-refractivity contribution in [1.29, 1.82) is 0 Å². The van der Waals surface area contributed by atoms with E-state index in [2.05, 4.69) is 0 Å². The van der Waals surface area contributed by atoms with Crippen LogP contribution in [0.3, 0.4) is 0 Å². The van der Waals surface area contributed by atoms with Crippen LogP contribution in [-0.2, 0) is 14.3 Å². The first-order chi connectivity index (χ1) is 7.75. The Hall–Kier alpha value is -1.49. The summed E-state index contributed by atoms with van der Waals surface area (Å²) in [6, 6.07) is 8.71. The molecule has 0 radical (unpaired) electrons. The van der Waals surface area contributed by atoms with Crippen molar-refractivity contribution in [2.24, 2.45) is 0 Å². The first-order valence-electron chi connectivity index (χ1n) is 4.79. The third-order valence-electron chi connectivity index (χ3n) is 2.01. The van der Waals surface area contributed by atoms with Gasteiger partial charge in [0, 0.05) is 0 Å². The second kappa shape index (κ2) is 5.03. The van der Waals surface area contributed by atoms with Crippen LogP contribution in [0.1, 0.15) is 10.4 Å². The van der Waals surface area contributed by atoms with Gasteiger partial charge in [0.2, 0.25) is 0 Å². The van der Waals surface area contributed by atoms with Gasteiger partial charge >= 0.3 is 11.9 Å². The van der Waals surface area contributed by atoms with E-state index >= 15 is 0 Å². The Morgan fingerprint density at radius 2 is 2.19 bits per heavy atom. The molecule has 5 heteroatoms. The minimum absolute atomic E-state index is 0.101. The Morgan fingerprint density at radius 1 is 1.44 bits per heavy atom. The van der Waals surface area contributed by atoms with Crippen LogP contribution in [0.15, 0.2) is 30.3 Å². The highest BCUT2D eigenvalue weighted by atomic mass is 32.2. The van der Waals surface area contributed by atoms with Gasteiger partial charge in [0.05, 0.1) is 11.3 Å². The molecule has 1 aromatic carbocycles. The highest BCUT2D eigenvalue weighted by Crippen LogP contribution is 2.21. The maximum Gasteiger partial charge on any atom is 0.338 e. The van der Waals surface area contributed by atoms with Gasteiger partial charge in [-0.25, -0.2) is 4.79 Å². The second-order valence-electron chi connectivity index (χ2n) is 3.19. The Balaban J connectivity index is 1.82. The Morgan fingerprint density at radius 3 is 2.81 bits per heavy atom. The molecule has 0 aliphatic carbocycles. The maximum absolute atomic E-state index is 11.5. The lowest BCUT2D eigenvalue weighted by Crippen LogP contribution is -2.16. The van der Waals surface area contributed by atoms with Crippen molar-refractivity contribution in [2.75, 3.05) is 12.4 Å². The number of thioether (sulfide) groups is 1. The first kappa shape index (κ1) is 11.0. The van der Waals surface area contributed by atoms with Gasteiger partial charge in [-0.15, -0.1) is 11.8 Å². The van der Waals surface area contributed by atoms with E-state index in [4.69, 9.17) is 9.47 Å². The lowest BCUT2D eigenvalue weighted by atomic mass is 10.2. The van der Waals surface area contributed by atoms with Crippen LogP contribution < -0.4 is 0 Å². The molecule has 16 heavy (non-hydrogen) atoms. The molecule has 0 N–H and O–H groups in total. The molecule has 1 aliphatic rings. The Labute approximate surface area is 96.9 Å². The quantitative estimate of drug-likeness (QED) is 0.746. The molecular weight excluding hydrogens is 228 g/mol. The van der Waals surface area contributed by atoms with Crippen LogP contribution in [0, 0.1) is 0 Å². The van der Waals surface area contributed by atoms with Crippen LogP contribution in [0.5, 0.6) is 0 Å². The van der Waals surface area contributed by atoms with Crippen LogP contribution >= 0.6 is 11.8 Å². The molecule has 0 spiro atoms. The molecule has 0 saturated carbocycles. The van der Waals surface area contributed by atoms with E-state index in [9.17, 15) is 9.59 Å². The minimum Gasteiger partial charge on any atom is -0.457 e. The van der Waals surface area contributed by atoms with Crippen molar-refractivity contribution in [2.45, 2.75) is 5.44 Å². The number of cyclic esters (lactones) is 1.